The van der Waals surface area contributed by atoms with Crippen LogP contribution in [0.25, 0.3) is 11.0 Å². The van der Waals surface area contributed by atoms with Crippen molar-refractivity contribution in [2.75, 3.05) is 18.1 Å². The average Bonchev–Trinajstić information content (AvgIpc) is 3.45. The molecule has 0 spiro atoms. The summed E-state index contributed by atoms with van der Waals surface area (Å²) in [5.41, 5.74) is 0.688. The monoisotopic (exact) mass is 550 g/mol. The number of fused-ring (bicyclic) bond motifs is 2. The minimum absolute atomic E-state index is 0.0341. The first kappa shape index (κ1) is 26.6. The number of ether oxygens (including phenoxy) is 2. The third kappa shape index (κ3) is 4.92. The quantitative estimate of drug-likeness (QED) is 0.181. The zero-order valence-corrected chi connectivity index (χ0v) is 22.6. The first-order valence-electron chi connectivity index (χ1n) is 12.8. The van der Waals surface area contributed by atoms with Crippen LogP contribution in [0.4, 0.5) is 9.52 Å². The van der Waals surface area contributed by atoms with Gasteiger partial charge in [-0.25, -0.2) is 14.2 Å². The summed E-state index contributed by atoms with van der Waals surface area (Å²) in [6.45, 7) is 6.25. The second kappa shape index (κ2) is 11.0. The topological polar surface area (TPSA) is 98.9 Å². The van der Waals surface area contributed by atoms with Gasteiger partial charge in [0.15, 0.2) is 10.6 Å². The lowest BCUT2D eigenvalue weighted by Gasteiger charge is -2.22. The fourth-order valence-corrected chi connectivity index (χ4v) is 5.60. The maximum Gasteiger partial charge on any atom is 0.350 e. The van der Waals surface area contributed by atoms with E-state index in [1.54, 1.807) is 38.1 Å². The van der Waals surface area contributed by atoms with E-state index in [1.165, 1.54) is 17.0 Å². The van der Waals surface area contributed by atoms with Crippen molar-refractivity contribution in [1.82, 2.24) is 4.98 Å². The SMILES string of the molecule is CCCCCOc1ccc(C2c3c(oc4ccc(F)cc4c3=O)C(=O)N2c2nc(C)c(C(=O)OCC)s2)cc1. The maximum atomic E-state index is 14.1. The van der Waals surface area contributed by atoms with Gasteiger partial charge in [0.2, 0.25) is 5.76 Å². The van der Waals surface area contributed by atoms with Crippen molar-refractivity contribution in [3.05, 3.63) is 86.0 Å². The van der Waals surface area contributed by atoms with Gasteiger partial charge in [-0.3, -0.25) is 14.5 Å². The van der Waals surface area contributed by atoms with Crippen molar-refractivity contribution in [2.45, 2.75) is 46.1 Å². The van der Waals surface area contributed by atoms with Gasteiger partial charge in [0.25, 0.3) is 5.91 Å². The number of aromatic nitrogens is 1. The summed E-state index contributed by atoms with van der Waals surface area (Å²) in [6, 6.07) is 9.80. The second-order valence-electron chi connectivity index (χ2n) is 9.15. The minimum Gasteiger partial charge on any atom is -0.494 e. The van der Waals surface area contributed by atoms with Crippen molar-refractivity contribution >= 4 is 39.3 Å². The van der Waals surface area contributed by atoms with Gasteiger partial charge in [-0.15, -0.1) is 0 Å². The Kier molecular flexibility index (Phi) is 7.47. The molecule has 1 atom stereocenters. The van der Waals surface area contributed by atoms with Gasteiger partial charge in [0, 0.05) is 0 Å². The lowest BCUT2D eigenvalue weighted by Crippen LogP contribution is -2.29. The molecule has 202 valence electrons. The van der Waals surface area contributed by atoms with Gasteiger partial charge < -0.3 is 13.9 Å². The number of unbranched alkanes of at least 4 members (excludes halogenated alkanes) is 2. The Balaban J connectivity index is 1.62. The molecular weight excluding hydrogens is 523 g/mol. The van der Waals surface area contributed by atoms with Crippen molar-refractivity contribution in [1.29, 1.82) is 0 Å². The molecule has 1 amide bonds. The van der Waals surface area contributed by atoms with Crippen LogP contribution in [0.5, 0.6) is 5.75 Å². The smallest absolute Gasteiger partial charge is 0.350 e. The molecule has 2 aromatic carbocycles. The third-order valence-electron chi connectivity index (χ3n) is 6.50. The highest BCUT2D eigenvalue weighted by atomic mass is 32.1. The third-order valence-corrected chi connectivity index (χ3v) is 7.63. The number of halogens is 1. The average molecular weight is 551 g/mol. The molecular formula is C29H27FN2O6S. The number of aryl methyl sites for hydroxylation is 1. The minimum atomic E-state index is -0.911. The van der Waals surface area contributed by atoms with Gasteiger partial charge >= 0.3 is 5.97 Å². The highest BCUT2D eigenvalue weighted by Gasteiger charge is 2.45. The lowest BCUT2D eigenvalue weighted by molar-refractivity contribution is 0.0531. The number of hydrogen-bond acceptors (Lipinski definition) is 8. The van der Waals surface area contributed by atoms with Gasteiger partial charge in [-0.2, -0.15) is 0 Å². The first-order valence-corrected chi connectivity index (χ1v) is 13.6. The van der Waals surface area contributed by atoms with Crippen molar-refractivity contribution in [2.24, 2.45) is 0 Å². The number of hydrogen-bond donors (Lipinski definition) is 0. The van der Waals surface area contributed by atoms with Crippen LogP contribution in [0.3, 0.4) is 0 Å². The molecule has 0 bridgehead atoms. The van der Waals surface area contributed by atoms with Crippen molar-refractivity contribution < 1.29 is 27.9 Å². The van der Waals surface area contributed by atoms with E-state index >= 15 is 0 Å². The summed E-state index contributed by atoms with van der Waals surface area (Å²) in [5.74, 6) is -1.20. The molecule has 0 radical (unpaired) electrons. The molecule has 0 N–H and O–H groups in total. The van der Waals surface area contributed by atoms with E-state index in [4.69, 9.17) is 13.9 Å². The summed E-state index contributed by atoms with van der Waals surface area (Å²) < 4.78 is 30.9. The van der Waals surface area contributed by atoms with Crippen LogP contribution in [0.1, 0.15) is 76.2 Å². The molecule has 0 aliphatic carbocycles. The maximum absolute atomic E-state index is 14.1. The molecule has 1 aliphatic rings. The number of carbonyl (C=O) groups is 2. The van der Waals surface area contributed by atoms with Crippen LogP contribution in [-0.2, 0) is 4.74 Å². The molecule has 0 fully saturated rings. The number of esters is 1. The van der Waals surface area contributed by atoms with Crippen LogP contribution in [0, 0.1) is 12.7 Å². The Morgan fingerprint density at radius 1 is 1.13 bits per heavy atom. The van der Waals surface area contributed by atoms with E-state index in [1.807, 2.05) is 0 Å². The normalized spacial score (nSPS) is 14.6. The van der Waals surface area contributed by atoms with E-state index in [0.29, 0.717) is 23.6 Å². The van der Waals surface area contributed by atoms with Crippen molar-refractivity contribution in [3.8, 4) is 5.75 Å². The molecule has 3 heterocycles. The highest BCUT2D eigenvalue weighted by molar-refractivity contribution is 7.17. The Morgan fingerprint density at radius 3 is 2.62 bits per heavy atom. The van der Waals surface area contributed by atoms with E-state index in [9.17, 15) is 18.8 Å². The predicted molar refractivity (Wildman–Crippen MR) is 145 cm³/mol. The molecule has 8 nitrogen and oxygen atoms in total. The Bertz CT molecular complexity index is 1610. The zero-order valence-electron chi connectivity index (χ0n) is 21.8. The summed E-state index contributed by atoms with van der Waals surface area (Å²) in [6.07, 6.45) is 3.09. The first-order chi connectivity index (χ1) is 18.8. The number of anilines is 1. The molecule has 1 aliphatic heterocycles. The lowest BCUT2D eigenvalue weighted by atomic mass is 9.98. The number of amides is 1. The van der Waals surface area contributed by atoms with Crippen molar-refractivity contribution in [3.63, 3.8) is 0 Å². The van der Waals surface area contributed by atoms with Crippen LogP contribution in [0.15, 0.2) is 51.7 Å². The standard InChI is InChI=1S/C29H27FN2O6S/c1-4-6-7-14-37-19-11-8-17(9-12-19)23-22-24(33)20-15-18(30)10-13-21(20)38-25(22)27(34)32(23)29-31-16(3)26(39-29)28(35)36-5-2/h8-13,15,23H,4-7,14H2,1-3H3. The van der Waals surface area contributed by atoms with E-state index in [2.05, 4.69) is 11.9 Å². The molecule has 2 aromatic heterocycles. The van der Waals surface area contributed by atoms with Crippen LogP contribution >= 0.6 is 11.3 Å². The summed E-state index contributed by atoms with van der Waals surface area (Å²) in [7, 11) is 0. The van der Waals surface area contributed by atoms with Gasteiger partial charge in [-0.1, -0.05) is 43.2 Å². The zero-order chi connectivity index (χ0) is 27.7. The van der Waals surface area contributed by atoms with Gasteiger partial charge in [-0.05, 0) is 56.2 Å². The number of rotatable bonds is 9. The number of benzene rings is 2. The molecule has 5 rings (SSSR count). The molecule has 39 heavy (non-hydrogen) atoms. The predicted octanol–water partition coefficient (Wildman–Crippen LogP) is 6.19. The van der Waals surface area contributed by atoms with Gasteiger partial charge in [0.1, 0.15) is 22.0 Å². The summed E-state index contributed by atoms with van der Waals surface area (Å²) in [5, 5.41) is 0.248. The van der Waals surface area contributed by atoms with Crippen LogP contribution < -0.4 is 15.1 Å². The molecule has 10 heteroatoms. The van der Waals surface area contributed by atoms with Crippen LogP contribution in [-0.4, -0.2) is 30.1 Å². The number of nitrogens with zero attached hydrogens (tertiary/aromatic N) is 2. The fourth-order valence-electron chi connectivity index (χ4n) is 4.62. The molecule has 1 unspecified atom stereocenters. The molecule has 0 saturated carbocycles. The largest absolute Gasteiger partial charge is 0.494 e. The Labute approximate surface area is 228 Å². The summed E-state index contributed by atoms with van der Waals surface area (Å²) >= 11 is 1.00. The van der Waals surface area contributed by atoms with E-state index in [0.717, 1.165) is 36.7 Å². The highest BCUT2D eigenvalue weighted by Crippen LogP contribution is 2.43. The molecule has 4 aromatic rings. The van der Waals surface area contributed by atoms with E-state index < -0.39 is 29.2 Å². The summed E-state index contributed by atoms with van der Waals surface area (Å²) in [4.78, 5) is 46.0. The number of carbonyl (C=O) groups excluding carboxylic acids is 2. The number of thiazole rings is 1. The molecule has 0 saturated heterocycles. The van der Waals surface area contributed by atoms with E-state index in [-0.39, 0.29) is 38.9 Å². The van der Waals surface area contributed by atoms with Gasteiger partial charge in [0.05, 0.1) is 35.9 Å². The van der Waals surface area contributed by atoms with Crippen LogP contribution in [0.2, 0.25) is 0 Å². The second-order valence-corrected chi connectivity index (χ2v) is 10.1. The Morgan fingerprint density at radius 2 is 1.90 bits per heavy atom. The fraction of sp³-hybridized carbons (Fsp3) is 0.310. The Hall–Kier alpha value is -4.05.